The van der Waals surface area contributed by atoms with Gasteiger partial charge in [-0.05, 0) is 18.2 Å². The van der Waals surface area contributed by atoms with Crippen molar-refractivity contribution in [1.82, 2.24) is 0 Å². The van der Waals surface area contributed by atoms with Gasteiger partial charge < -0.3 is 5.32 Å². The summed E-state index contributed by atoms with van der Waals surface area (Å²) in [6.07, 6.45) is 0. The summed E-state index contributed by atoms with van der Waals surface area (Å²) >= 11 is 13.2. The van der Waals surface area contributed by atoms with Gasteiger partial charge in [0.1, 0.15) is 0 Å². The molecule has 0 unspecified atom stereocenters. The molecule has 0 radical (unpaired) electrons. The van der Waals surface area contributed by atoms with Crippen molar-refractivity contribution in [3.05, 3.63) is 54.7 Å². The summed E-state index contributed by atoms with van der Waals surface area (Å²) in [7, 11) is 0. The second-order valence-electron chi connectivity index (χ2n) is 3.48. The van der Waals surface area contributed by atoms with E-state index in [1.807, 2.05) is 6.07 Å². The van der Waals surface area contributed by atoms with Crippen LogP contribution in [-0.4, -0.2) is 4.92 Å². The van der Waals surface area contributed by atoms with Gasteiger partial charge >= 0.3 is 0 Å². The molecule has 0 aliphatic heterocycles. The molecule has 18 heavy (non-hydrogen) atoms. The second kappa shape index (κ2) is 5.56. The number of benzene rings is 1. The zero-order valence-electron chi connectivity index (χ0n) is 9.02. The van der Waals surface area contributed by atoms with Crippen LogP contribution in [0.4, 0.5) is 11.4 Å². The predicted molar refractivity (Wildman–Crippen MR) is 74.8 cm³/mol. The van der Waals surface area contributed by atoms with E-state index < -0.39 is 4.92 Å². The molecule has 0 aliphatic carbocycles. The van der Waals surface area contributed by atoms with Crippen molar-refractivity contribution in [3.63, 3.8) is 0 Å². The zero-order chi connectivity index (χ0) is 13.1. The topological polar surface area (TPSA) is 55.2 Å². The Morgan fingerprint density at radius 2 is 2.06 bits per heavy atom. The van der Waals surface area contributed by atoms with E-state index >= 15 is 0 Å². The van der Waals surface area contributed by atoms with E-state index in [4.69, 9.17) is 23.2 Å². The van der Waals surface area contributed by atoms with Gasteiger partial charge in [0.25, 0.3) is 5.69 Å². The van der Waals surface area contributed by atoms with Gasteiger partial charge in [0.15, 0.2) is 0 Å². The summed E-state index contributed by atoms with van der Waals surface area (Å²) in [4.78, 5) is 11.2. The lowest BCUT2D eigenvalue weighted by molar-refractivity contribution is -0.384. The first-order valence-corrected chi connectivity index (χ1v) is 6.55. The van der Waals surface area contributed by atoms with Crippen LogP contribution in [0.15, 0.2) is 30.3 Å². The predicted octanol–water partition coefficient (Wildman–Crippen LogP) is 4.58. The number of hydrogen-bond acceptors (Lipinski definition) is 4. The number of hydrogen-bond donors (Lipinski definition) is 1. The van der Waals surface area contributed by atoms with Crippen molar-refractivity contribution in [2.45, 2.75) is 6.54 Å². The van der Waals surface area contributed by atoms with Crippen LogP contribution in [0, 0.1) is 10.1 Å². The van der Waals surface area contributed by atoms with Gasteiger partial charge in [0.2, 0.25) is 0 Å². The number of thiophene rings is 1. The Kier molecular flexibility index (Phi) is 4.06. The fourth-order valence-corrected chi connectivity index (χ4v) is 2.60. The maximum Gasteiger partial charge on any atom is 0.271 e. The maximum atomic E-state index is 10.7. The van der Waals surface area contributed by atoms with Crippen molar-refractivity contribution >= 4 is 45.9 Å². The number of anilines is 1. The SMILES string of the molecule is O=[N+]([O-])c1ccc(Cl)c(NCc2ccc(Cl)s2)c1. The molecule has 2 rings (SSSR count). The van der Waals surface area contributed by atoms with Crippen LogP contribution in [0.3, 0.4) is 0 Å². The molecular formula is C11H8Cl2N2O2S. The highest BCUT2D eigenvalue weighted by Gasteiger charge is 2.09. The molecule has 2 aromatic rings. The molecule has 0 aliphatic rings. The van der Waals surface area contributed by atoms with E-state index in [0.29, 0.717) is 21.6 Å². The molecule has 1 aromatic heterocycles. The summed E-state index contributed by atoms with van der Waals surface area (Å²) in [6, 6.07) is 7.99. The molecule has 0 bridgehead atoms. The van der Waals surface area contributed by atoms with Crippen LogP contribution in [0.25, 0.3) is 0 Å². The Morgan fingerprint density at radius 1 is 1.28 bits per heavy atom. The molecule has 1 heterocycles. The molecule has 0 atom stereocenters. The van der Waals surface area contributed by atoms with Gasteiger partial charge in [-0.3, -0.25) is 10.1 Å². The summed E-state index contributed by atoms with van der Waals surface area (Å²) in [5.74, 6) is 0. The number of nitro benzene ring substituents is 1. The normalized spacial score (nSPS) is 10.3. The third-order valence-electron chi connectivity index (χ3n) is 2.24. The van der Waals surface area contributed by atoms with Crippen molar-refractivity contribution in [3.8, 4) is 0 Å². The van der Waals surface area contributed by atoms with Gasteiger partial charge in [-0.2, -0.15) is 0 Å². The minimum absolute atomic E-state index is 0.00566. The third kappa shape index (κ3) is 3.13. The van der Waals surface area contributed by atoms with Gasteiger partial charge in [-0.15, -0.1) is 11.3 Å². The zero-order valence-corrected chi connectivity index (χ0v) is 11.4. The number of nitrogens with one attached hydrogen (secondary N) is 1. The highest BCUT2D eigenvalue weighted by atomic mass is 35.5. The largest absolute Gasteiger partial charge is 0.379 e. The average molecular weight is 303 g/mol. The first-order valence-electron chi connectivity index (χ1n) is 4.98. The van der Waals surface area contributed by atoms with Crippen LogP contribution in [0.2, 0.25) is 9.36 Å². The van der Waals surface area contributed by atoms with E-state index in [1.165, 1.54) is 29.5 Å². The molecule has 4 nitrogen and oxygen atoms in total. The van der Waals surface area contributed by atoms with Crippen molar-refractivity contribution in [1.29, 1.82) is 0 Å². The van der Waals surface area contributed by atoms with E-state index in [2.05, 4.69) is 5.32 Å². The van der Waals surface area contributed by atoms with Gasteiger partial charge in [-0.25, -0.2) is 0 Å². The lowest BCUT2D eigenvalue weighted by Gasteiger charge is -2.06. The molecule has 0 fully saturated rings. The lowest BCUT2D eigenvalue weighted by atomic mass is 10.2. The molecule has 0 spiro atoms. The van der Waals surface area contributed by atoms with E-state index in [0.717, 1.165) is 4.88 Å². The van der Waals surface area contributed by atoms with Crippen LogP contribution in [0.1, 0.15) is 4.88 Å². The maximum absolute atomic E-state index is 10.7. The Hall–Kier alpha value is -1.30. The number of nitro groups is 1. The van der Waals surface area contributed by atoms with Gasteiger partial charge in [0, 0.05) is 23.6 Å². The molecule has 1 aromatic carbocycles. The number of nitrogens with zero attached hydrogens (tertiary/aromatic N) is 1. The van der Waals surface area contributed by atoms with Crippen molar-refractivity contribution in [2.75, 3.05) is 5.32 Å². The van der Waals surface area contributed by atoms with Crippen LogP contribution < -0.4 is 5.32 Å². The fourth-order valence-electron chi connectivity index (χ4n) is 1.39. The number of halogens is 2. The van der Waals surface area contributed by atoms with E-state index in [9.17, 15) is 10.1 Å². The van der Waals surface area contributed by atoms with Crippen LogP contribution in [0.5, 0.6) is 0 Å². The lowest BCUT2D eigenvalue weighted by Crippen LogP contribution is -1.99. The smallest absolute Gasteiger partial charge is 0.271 e. The van der Waals surface area contributed by atoms with E-state index in [-0.39, 0.29) is 5.69 Å². The highest BCUT2D eigenvalue weighted by molar-refractivity contribution is 7.16. The van der Waals surface area contributed by atoms with Crippen LogP contribution >= 0.6 is 34.5 Å². The molecule has 0 saturated heterocycles. The Balaban J connectivity index is 2.13. The van der Waals surface area contributed by atoms with Crippen LogP contribution in [-0.2, 0) is 6.54 Å². The molecule has 0 amide bonds. The van der Waals surface area contributed by atoms with Crippen molar-refractivity contribution < 1.29 is 4.92 Å². The summed E-state index contributed by atoms with van der Waals surface area (Å²) in [6.45, 7) is 0.526. The molecule has 0 saturated carbocycles. The average Bonchev–Trinajstić information content (AvgIpc) is 2.74. The first kappa shape index (κ1) is 13.1. The standard InChI is InChI=1S/C11H8Cl2N2O2S/c12-9-3-1-7(15(16)17)5-10(9)14-6-8-2-4-11(13)18-8/h1-5,14H,6H2. The van der Waals surface area contributed by atoms with E-state index in [1.54, 1.807) is 6.07 Å². The first-order chi connectivity index (χ1) is 8.56. The minimum atomic E-state index is -0.455. The summed E-state index contributed by atoms with van der Waals surface area (Å²) in [5, 5.41) is 14.2. The minimum Gasteiger partial charge on any atom is -0.379 e. The third-order valence-corrected chi connectivity index (χ3v) is 3.80. The Morgan fingerprint density at radius 3 is 2.67 bits per heavy atom. The Labute approximate surface area is 117 Å². The quantitative estimate of drug-likeness (QED) is 0.664. The molecule has 1 N–H and O–H groups in total. The molecule has 94 valence electrons. The molecule has 7 heteroatoms. The van der Waals surface area contributed by atoms with Gasteiger partial charge in [-0.1, -0.05) is 23.2 Å². The highest BCUT2D eigenvalue weighted by Crippen LogP contribution is 2.28. The number of non-ortho nitro benzene ring substituents is 1. The summed E-state index contributed by atoms with van der Waals surface area (Å²) < 4.78 is 0.705. The molecular weight excluding hydrogens is 295 g/mol. The number of rotatable bonds is 4. The van der Waals surface area contributed by atoms with Gasteiger partial charge in [0.05, 0.1) is 20.0 Å². The monoisotopic (exact) mass is 302 g/mol. The Bertz CT molecular complexity index is 586. The van der Waals surface area contributed by atoms with Crippen molar-refractivity contribution in [2.24, 2.45) is 0 Å². The fraction of sp³-hybridized carbons (Fsp3) is 0.0909. The summed E-state index contributed by atoms with van der Waals surface area (Å²) in [5.41, 5.74) is 0.543. The second-order valence-corrected chi connectivity index (χ2v) is 5.69.